The molecule has 1 rings (SSSR count). The first kappa shape index (κ1) is 20.6. The van der Waals surface area contributed by atoms with Crippen LogP contribution in [-0.4, -0.2) is 59.4 Å². The Kier molecular flexibility index (Phi) is 10.8. The molecule has 0 spiro atoms. The standard InChI is InChI=1S/C10H13NO2.C5H9NO4/c1-11-9(10(12)13)7-8-5-3-2-4-6-8;7-4(8)1-2-6-3-5(9)10/h2-6,9,11H,7H2,1H3,(H,12,13);6H,1-3H2,(H,7,8)(H,9,10)/t9-;/m0./s1. The molecule has 1 aromatic rings. The molecule has 0 aliphatic carbocycles. The monoisotopic (exact) mass is 326 g/mol. The first-order chi connectivity index (χ1) is 10.9. The van der Waals surface area contributed by atoms with Crippen LogP contribution < -0.4 is 10.6 Å². The Labute approximate surface area is 134 Å². The number of benzene rings is 1. The van der Waals surface area contributed by atoms with E-state index >= 15 is 0 Å². The number of hydrogen-bond acceptors (Lipinski definition) is 5. The predicted octanol–water partition coefficient (Wildman–Crippen LogP) is 0.0370. The van der Waals surface area contributed by atoms with E-state index < -0.39 is 23.9 Å². The summed E-state index contributed by atoms with van der Waals surface area (Å²) in [5, 5.41) is 30.1. The van der Waals surface area contributed by atoms with E-state index in [9.17, 15) is 14.4 Å². The summed E-state index contributed by atoms with van der Waals surface area (Å²) in [5.41, 5.74) is 1.03. The van der Waals surface area contributed by atoms with Crippen LogP contribution in [0.2, 0.25) is 0 Å². The van der Waals surface area contributed by atoms with E-state index in [1.54, 1.807) is 7.05 Å². The molecular formula is C15H22N2O6. The highest BCUT2D eigenvalue weighted by molar-refractivity contribution is 5.73. The van der Waals surface area contributed by atoms with Gasteiger partial charge in [-0.3, -0.25) is 14.4 Å². The van der Waals surface area contributed by atoms with Crippen molar-refractivity contribution in [2.24, 2.45) is 0 Å². The van der Waals surface area contributed by atoms with Gasteiger partial charge in [-0.05, 0) is 19.0 Å². The van der Waals surface area contributed by atoms with E-state index in [0.717, 1.165) is 5.56 Å². The molecule has 1 atom stereocenters. The lowest BCUT2D eigenvalue weighted by molar-refractivity contribution is -0.139. The first-order valence-electron chi connectivity index (χ1n) is 6.95. The first-order valence-corrected chi connectivity index (χ1v) is 6.95. The van der Waals surface area contributed by atoms with Crippen molar-refractivity contribution in [1.82, 2.24) is 10.6 Å². The van der Waals surface area contributed by atoms with Crippen LogP contribution in [0.5, 0.6) is 0 Å². The van der Waals surface area contributed by atoms with Gasteiger partial charge >= 0.3 is 17.9 Å². The largest absolute Gasteiger partial charge is 0.481 e. The number of rotatable bonds is 9. The summed E-state index contributed by atoms with van der Waals surface area (Å²) in [4.78, 5) is 30.4. The maximum absolute atomic E-state index is 10.7. The van der Waals surface area contributed by atoms with Crippen LogP contribution in [0.25, 0.3) is 0 Å². The average molecular weight is 326 g/mol. The molecule has 0 saturated carbocycles. The molecule has 0 aliphatic heterocycles. The molecule has 0 bridgehead atoms. The molecule has 0 aromatic heterocycles. The minimum absolute atomic E-state index is 0.0483. The lowest BCUT2D eigenvalue weighted by atomic mass is 10.1. The van der Waals surface area contributed by atoms with Crippen molar-refractivity contribution < 1.29 is 29.7 Å². The van der Waals surface area contributed by atoms with E-state index in [-0.39, 0.29) is 19.5 Å². The highest BCUT2D eigenvalue weighted by atomic mass is 16.4. The van der Waals surface area contributed by atoms with E-state index in [1.165, 1.54) is 0 Å². The molecule has 0 heterocycles. The van der Waals surface area contributed by atoms with Crippen LogP contribution in [0, 0.1) is 0 Å². The third-order valence-electron chi connectivity index (χ3n) is 2.72. The Morgan fingerprint density at radius 1 is 1.04 bits per heavy atom. The van der Waals surface area contributed by atoms with Gasteiger partial charge in [-0.1, -0.05) is 30.3 Å². The summed E-state index contributed by atoms with van der Waals surface area (Å²) in [7, 11) is 1.65. The van der Waals surface area contributed by atoms with Crippen molar-refractivity contribution in [3.05, 3.63) is 35.9 Å². The van der Waals surface area contributed by atoms with E-state index in [4.69, 9.17) is 15.3 Å². The van der Waals surface area contributed by atoms with Crippen LogP contribution in [0.15, 0.2) is 30.3 Å². The lowest BCUT2D eigenvalue weighted by Gasteiger charge is -2.10. The molecule has 8 heteroatoms. The fourth-order valence-corrected chi connectivity index (χ4v) is 1.55. The quantitative estimate of drug-likeness (QED) is 0.401. The zero-order valence-corrected chi connectivity index (χ0v) is 12.9. The number of aliphatic carboxylic acids is 3. The second kappa shape index (κ2) is 12.1. The Morgan fingerprint density at radius 3 is 2.09 bits per heavy atom. The smallest absolute Gasteiger partial charge is 0.321 e. The van der Waals surface area contributed by atoms with Gasteiger partial charge in [-0.25, -0.2) is 0 Å². The van der Waals surface area contributed by atoms with Crippen LogP contribution in [0.4, 0.5) is 0 Å². The fourth-order valence-electron chi connectivity index (χ4n) is 1.55. The van der Waals surface area contributed by atoms with E-state index in [2.05, 4.69) is 10.6 Å². The van der Waals surface area contributed by atoms with Gasteiger partial charge in [0.15, 0.2) is 0 Å². The topological polar surface area (TPSA) is 136 Å². The summed E-state index contributed by atoms with van der Waals surface area (Å²) in [5.74, 6) is -2.73. The molecular weight excluding hydrogens is 304 g/mol. The van der Waals surface area contributed by atoms with E-state index in [1.807, 2.05) is 30.3 Å². The molecule has 8 nitrogen and oxygen atoms in total. The molecule has 23 heavy (non-hydrogen) atoms. The van der Waals surface area contributed by atoms with Gasteiger partial charge in [0.25, 0.3) is 0 Å². The van der Waals surface area contributed by atoms with Gasteiger partial charge in [0.1, 0.15) is 6.04 Å². The number of carbonyl (C=O) groups is 3. The third kappa shape index (κ3) is 11.8. The van der Waals surface area contributed by atoms with Crippen LogP contribution in [-0.2, 0) is 20.8 Å². The lowest BCUT2D eigenvalue weighted by Crippen LogP contribution is -2.35. The van der Waals surface area contributed by atoms with Crippen LogP contribution in [0.3, 0.4) is 0 Å². The maximum Gasteiger partial charge on any atom is 0.321 e. The zero-order chi connectivity index (χ0) is 17.7. The summed E-state index contributed by atoms with van der Waals surface area (Å²) in [6.07, 6.45) is 0.472. The molecule has 0 saturated heterocycles. The second-order valence-electron chi connectivity index (χ2n) is 4.58. The minimum Gasteiger partial charge on any atom is -0.481 e. The molecule has 0 unspecified atom stereocenters. The Hall–Kier alpha value is -2.45. The van der Waals surface area contributed by atoms with Crippen molar-refractivity contribution in [1.29, 1.82) is 0 Å². The fraction of sp³-hybridized carbons (Fsp3) is 0.400. The number of carboxylic acid groups (broad SMARTS) is 3. The molecule has 0 amide bonds. The van der Waals surface area contributed by atoms with Gasteiger partial charge in [-0.15, -0.1) is 0 Å². The number of carboxylic acids is 3. The van der Waals surface area contributed by atoms with Gasteiger partial charge in [0.05, 0.1) is 13.0 Å². The molecule has 5 N–H and O–H groups in total. The predicted molar refractivity (Wildman–Crippen MR) is 83.4 cm³/mol. The summed E-state index contributed by atoms with van der Waals surface area (Å²) < 4.78 is 0. The van der Waals surface area contributed by atoms with Crippen molar-refractivity contribution in [2.45, 2.75) is 18.9 Å². The Bertz CT molecular complexity index is 476. The van der Waals surface area contributed by atoms with Crippen molar-refractivity contribution in [3.8, 4) is 0 Å². The second-order valence-corrected chi connectivity index (χ2v) is 4.58. The minimum atomic E-state index is -0.981. The number of hydrogen-bond donors (Lipinski definition) is 5. The van der Waals surface area contributed by atoms with Gasteiger partial charge < -0.3 is 26.0 Å². The Balaban J connectivity index is 0.000000438. The summed E-state index contributed by atoms with van der Waals surface area (Å²) in [6, 6.07) is 9.08. The summed E-state index contributed by atoms with van der Waals surface area (Å²) in [6.45, 7) is 0.00884. The number of nitrogens with one attached hydrogen (secondary N) is 2. The van der Waals surface area contributed by atoms with Gasteiger partial charge in [0.2, 0.25) is 0 Å². The van der Waals surface area contributed by atoms with Crippen LogP contribution >= 0.6 is 0 Å². The molecule has 128 valence electrons. The van der Waals surface area contributed by atoms with Gasteiger partial charge in [-0.2, -0.15) is 0 Å². The summed E-state index contributed by atoms with van der Waals surface area (Å²) >= 11 is 0. The molecule has 0 aliphatic rings. The van der Waals surface area contributed by atoms with Crippen molar-refractivity contribution >= 4 is 17.9 Å². The van der Waals surface area contributed by atoms with Crippen molar-refractivity contribution in [3.63, 3.8) is 0 Å². The molecule has 0 fully saturated rings. The molecule has 0 radical (unpaired) electrons. The van der Waals surface area contributed by atoms with Crippen molar-refractivity contribution in [2.75, 3.05) is 20.1 Å². The SMILES string of the molecule is CN[C@@H](Cc1ccccc1)C(=O)O.O=C(O)CCNCC(=O)O. The molecule has 1 aromatic carbocycles. The normalized spacial score (nSPS) is 11.0. The number of likely N-dealkylation sites (N-methyl/N-ethyl adjacent to an activating group) is 1. The highest BCUT2D eigenvalue weighted by Crippen LogP contribution is 2.02. The average Bonchev–Trinajstić information content (AvgIpc) is 2.50. The Morgan fingerprint density at radius 2 is 1.65 bits per heavy atom. The van der Waals surface area contributed by atoms with Crippen LogP contribution in [0.1, 0.15) is 12.0 Å². The third-order valence-corrected chi connectivity index (χ3v) is 2.72. The highest BCUT2D eigenvalue weighted by Gasteiger charge is 2.14. The zero-order valence-electron chi connectivity index (χ0n) is 12.9. The van der Waals surface area contributed by atoms with E-state index in [0.29, 0.717) is 6.42 Å². The maximum atomic E-state index is 10.7. The van der Waals surface area contributed by atoms with Gasteiger partial charge in [0, 0.05) is 6.54 Å².